The van der Waals surface area contributed by atoms with Crippen molar-refractivity contribution in [3.8, 4) is 11.5 Å². The van der Waals surface area contributed by atoms with Crippen molar-refractivity contribution in [3.05, 3.63) is 107 Å². The van der Waals surface area contributed by atoms with Crippen LogP contribution in [0.25, 0.3) is 0 Å². The van der Waals surface area contributed by atoms with E-state index >= 15 is 0 Å². The number of hydrazone groups is 1. The number of furan rings is 1. The lowest BCUT2D eigenvalue weighted by atomic mass is 9.75. The molecule has 1 aromatic heterocycles. The Morgan fingerprint density at radius 3 is 1.90 bits per heavy atom. The van der Waals surface area contributed by atoms with Gasteiger partial charge >= 0.3 is 0 Å². The van der Waals surface area contributed by atoms with Crippen molar-refractivity contribution in [2.75, 3.05) is 36.0 Å². The molecule has 210 valence electrons. The Kier molecular flexibility index (Phi) is 6.81. The minimum Gasteiger partial charge on any atom is -0.460 e. The van der Waals surface area contributed by atoms with E-state index in [9.17, 15) is 4.79 Å². The molecule has 0 bridgehead atoms. The highest BCUT2D eigenvalue weighted by Gasteiger charge is 2.57. The maximum atomic E-state index is 14.2. The first-order valence-electron chi connectivity index (χ1n) is 14.5. The molecule has 4 aromatic rings. The molecule has 1 spiro atoms. The number of benzene rings is 3. The van der Waals surface area contributed by atoms with Gasteiger partial charge in [0.05, 0.1) is 6.21 Å². The van der Waals surface area contributed by atoms with Crippen molar-refractivity contribution in [1.82, 2.24) is 5.01 Å². The Bertz CT molecular complexity index is 1570. The number of carbonyl (C=O) groups excluding carboxylic acids is 1. The zero-order valence-corrected chi connectivity index (χ0v) is 24.3. The molecule has 0 aliphatic carbocycles. The number of amides is 1. The number of ether oxygens (including phenoxy) is 1. The molecule has 1 amide bonds. The van der Waals surface area contributed by atoms with Gasteiger partial charge < -0.3 is 19.0 Å². The number of aryl methyl sites for hydroxylation is 1. The Morgan fingerprint density at radius 1 is 0.780 bits per heavy atom. The van der Waals surface area contributed by atoms with Crippen LogP contribution in [0.5, 0.6) is 11.5 Å². The minimum absolute atomic E-state index is 0.167. The fourth-order valence-electron chi connectivity index (χ4n) is 6.28. The molecule has 0 saturated heterocycles. The predicted molar refractivity (Wildman–Crippen MR) is 164 cm³/mol. The van der Waals surface area contributed by atoms with Gasteiger partial charge in [-0.05, 0) is 65.0 Å². The lowest BCUT2D eigenvalue weighted by Gasteiger charge is -2.42. The normalized spacial score (nSPS) is 14.7. The Balaban J connectivity index is 1.64. The molecule has 6 rings (SSSR count). The first-order valence-corrected chi connectivity index (χ1v) is 14.5. The molecule has 41 heavy (non-hydrogen) atoms. The summed E-state index contributed by atoms with van der Waals surface area (Å²) < 4.78 is 12.5. The summed E-state index contributed by atoms with van der Waals surface area (Å²) in [4.78, 5) is 18.8. The lowest BCUT2D eigenvalue weighted by molar-refractivity contribution is 0.0675. The van der Waals surface area contributed by atoms with E-state index in [1.165, 1.54) is 0 Å². The van der Waals surface area contributed by atoms with E-state index in [0.29, 0.717) is 11.3 Å². The summed E-state index contributed by atoms with van der Waals surface area (Å²) in [5.41, 5.74) is 4.40. The average Bonchev–Trinajstić information content (AvgIpc) is 3.52. The average molecular weight is 549 g/mol. The fraction of sp³-hybridized carbons (Fsp3) is 0.294. The van der Waals surface area contributed by atoms with E-state index in [1.54, 1.807) is 11.2 Å². The second-order valence-electron chi connectivity index (χ2n) is 10.4. The van der Waals surface area contributed by atoms with Crippen LogP contribution in [0.4, 0.5) is 11.4 Å². The van der Waals surface area contributed by atoms with Gasteiger partial charge in [0, 0.05) is 71.9 Å². The summed E-state index contributed by atoms with van der Waals surface area (Å²) >= 11 is 0. The quantitative estimate of drug-likeness (QED) is 0.219. The monoisotopic (exact) mass is 548 g/mol. The molecule has 3 aromatic carbocycles. The van der Waals surface area contributed by atoms with Crippen molar-refractivity contribution in [1.29, 1.82) is 0 Å². The Morgan fingerprint density at radius 2 is 1.37 bits per heavy atom. The van der Waals surface area contributed by atoms with Crippen LogP contribution in [0.15, 0.2) is 82.3 Å². The number of hydrogen-bond acceptors (Lipinski definition) is 6. The van der Waals surface area contributed by atoms with Crippen LogP contribution in [-0.2, 0) is 5.54 Å². The second kappa shape index (κ2) is 10.5. The SMILES string of the molecule is CCN(CC)c1ccc2c(c1)Oc1cc(N(CC)CC)ccc1C21c2ccccc2C(=O)N1/N=C/c1ccc(C)o1. The lowest BCUT2D eigenvalue weighted by Crippen LogP contribution is -2.44. The number of anilines is 2. The zero-order valence-electron chi connectivity index (χ0n) is 24.3. The highest BCUT2D eigenvalue weighted by molar-refractivity contribution is 6.02. The van der Waals surface area contributed by atoms with E-state index in [4.69, 9.17) is 14.3 Å². The van der Waals surface area contributed by atoms with Gasteiger partial charge in [0.2, 0.25) is 0 Å². The highest BCUT2D eigenvalue weighted by Crippen LogP contribution is 2.58. The van der Waals surface area contributed by atoms with Crippen LogP contribution in [0.2, 0.25) is 0 Å². The van der Waals surface area contributed by atoms with E-state index in [2.05, 4.69) is 73.9 Å². The van der Waals surface area contributed by atoms with Gasteiger partial charge in [-0.25, -0.2) is 5.01 Å². The van der Waals surface area contributed by atoms with Crippen LogP contribution in [-0.4, -0.2) is 43.3 Å². The number of carbonyl (C=O) groups is 1. The molecule has 0 atom stereocenters. The van der Waals surface area contributed by atoms with Crippen molar-refractivity contribution in [2.45, 2.75) is 40.2 Å². The van der Waals surface area contributed by atoms with Crippen molar-refractivity contribution in [3.63, 3.8) is 0 Å². The maximum Gasteiger partial charge on any atom is 0.275 e. The molecule has 7 nitrogen and oxygen atoms in total. The van der Waals surface area contributed by atoms with E-state index < -0.39 is 5.54 Å². The summed E-state index contributed by atoms with van der Waals surface area (Å²) in [6, 6.07) is 24.2. The molecule has 0 fully saturated rings. The first kappa shape index (κ1) is 26.7. The topological polar surface area (TPSA) is 61.5 Å². The third-order valence-electron chi connectivity index (χ3n) is 8.31. The molecule has 2 aliphatic rings. The number of nitrogens with zero attached hydrogens (tertiary/aromatic N) is 4. The molecule has 2 aliphatic heterocycles. The molecular weight excluding hydrogens is 512 g/mol. The Labute approximate surface area is 241 Å². The standard InChI is InChI=1S/C34H36N4O3/c1-6-36(7-2)24-15-18-29-31(20-24)41-32-21-25(37(8-3)9-4)16-19-30(32)34(29)28-13-11-10-12-27(28)33(39)38(34)35-22-26-17-14-23(5)40-26/h10-22H,6-9H2,1-5H3/b35-22+. The molecule has 3 heterocycles. The van der Waals surface area contributed by atoms with E-state index in [0.717, 1.165) is 71.5 Å². The summed E-state index contributed by atoms with van der Waals surface area (Å²) in [6.07, 6.45) is 1.63. The van der Waals surface area contributed by atoms with Gasteiger partial charge in [-0.3, -0.25) is 4.79 Å². The molecule has 0 saturated carbocycles. The summed E-state index contributed by atoms with van der Waals surface area (Å²) in [6.45, 7) is 14.0. The van der Waals surface area contributed by atoms with Crippen LogP contribution >= 0.6 is 0 Å². The van der Waals surface area contributed by atoms with Gasteiger partial charge in [-0.1, -0.05) is 30.3 Å². The third-order valence-corrected chi connectivity index (χ3v) is 8.31. The smallest absolute Gasteiger partial charge is 0.275 e. The first-order chi connectivity index (χ1) is 20.0. The molecule has 0 unspecified atom stereocenters. The van der Waals surface area contributed by atoms with Gasteiger partial charge in [-0.15, -0.1) is 0 Å². The van der Waals surface area contributed by atoms with Gasteiger partial charge in [0.25, 0.3) is 5.91 Å². The largest absolute Gasteiger partial charge is 0.460 e. The molecule has 0 radical (unpaired) electrons. The summed E-state index contributed by atoms with van der Waals surface area (Å²) in [7, 11) is 0. The molecule has 0 N–H and O–H groups in total. The number of rotatable bonds is 8. The summed E-state index contributed by atoms with van der Waals surface area (Å²) in [5, 5.41) is 6.46. The van der Waals surface area contributed by atoms with Crippen molar-refractivity contribution < 1.29 is 13.9 Å². The van der Waals surface area contributed by atoms with Gasteiger partial charge in [-0.2, -0.15) is 5.10 Å². The number of fused-ring (bicyclic) bond motifs is 6. The van der Waals surface area contributed by atoms with Crippen LogP contribution in [0.1, 0.15) is 66.3 Å². The van der Waals surface area contributed by atoms with E-state index in [1.807, 2.05) is 43.3 Å². The van der Waals surface area contributed by atoms with Crippen LogP contribution in [0.3, 0.4) is 0 Å². The Hall–Kier alpha value is -4.52. The minimum atomic E-state index is -1.02. The predicted octanol–water partition coefficient (Wildman–Crippen LogP) is 7.17. The van der Waals surface area contributed by atoms with Crippen LogP contribution < -0.4 is 14.5 Å². The third kappa shape index (κ3) is 4.10. The fourth-order valence-corrected chi connectivity index (χ4v) is 6.28. The molecule has 7 heteroatoms. The highest BCUT2D eigenvalue weighted by atomic mass is 16.5. The molecular formula is C34H36N4O3. The maximum absolute atomic E-state index is 14.2. The number of hydrogen-bond donors (Lipinski definition) is 0. The van der Waals surface area contributed by atoms with Crippen molar-refractivity contribution >= 4 is 23.5 Å². The van der Waals surface area contributed by atoms with E-state index in [-0.39, 0.29) is 5.91 Å². The second-order valence-corrected chi connectivity index (χ2v) is 10.4. The van der Waals surface area contributed by atoms with Gasteiger partial charge in [0.15, 0.2) is 0 Å². The zero-order chi connectivity index (χ0) is 28.7. The van der Waals surface area contributed by atoms with Crippen molar-refractivity contribution in [2.24, 2.45) is 5.10 Å². The van der Waals surface area contributed by atoms with Crippen LogP contribution in [0, 0.1) is 6.92 Å². The summed E-state index contributed by atoms with van der Waals surface area (Å²) in [5.74, 6) is 2.64. The van der Waals surface area contributed by atoms with Gasteiger partial charge in [0.1, 0.15) is 28.6 Å².